The molecule has 1 fully saturated rings. The molecule has 26 heavy (non-hydrogen) atoms. The Morgan fingerprint density at radius 3 is 2.77 bits per heavy atom. The Bertz CT molecular complexity index is 739. The fraction of sp³-hybridized carbons (Fsp3) is 0.474. The summed E-state index contributed by atoms with van der Waals surface area (Å²) < 4.78 is 13.1. The van der Waals surface area contributed by atoms with Crippen LogP contribution < -0.4 is 14.8 Å². The molecule has 0 saturated carbocycles. The van der Waals surface area contributed by atoms with Gasteiger partial charge >= 0.3 is 0 Å². The third kappa shape index (κ3) is 4.16. The van der Waals surface area contributed by atoms with Crippen molar-refractivity contribution in [2.75, 3.05) is 38.2 Å². The van der Waals surface area contributed by atoms with Crippen molar-refractivity contribution in [3.8, 4) is 11.5 Å². The largest absolute Gasteiger partial charge is 0.486 e. The summed E-state index contributed by atoms with van der Waals surface area (Å²) in [4.78, 5) is 14.6. The average molecular weight is 356 g/mol. The maximum atomic E-state index is 12.3. The van der Waals surface area contributed by atoms with E-state index in [2.05, 4.69) is 15.3 Å². The van der Waals surface area contributed by atoms with Gasteiger partial charge in [-0.25, -0.2) is 0 Å². The molecule has 2 aliphatic rings. The lowest BCUT2D eigenvalue weighted by molar-refractivity contribution is -0.117. The molecule has 0 radical (unpaired) electrons. The number of benzene rings is 1. The quantitative estimate of drug-likeness (QED) is 0.888. The van der Waals surface area contributed by atoms with E-state index < -0.39 is 0 Å². The molecule has 4 rings (SSSR count). The number of hydrogen-bond donors (Lipinski definition) is 1. The molecule has 0 bridgehead atoms. The molecule has 1 aromatic heterocycles. The standard InChI is InChI=1S/C19H24N4O3/c24-19(21-16-2-3-17-18(12-16)26-11-10-25-17)14-22-8-4-15(5-9-22)13-23-7-1-6-20-23/h1-3,6-7,12,15H,4-5,8-11,13-14H2,(H,21,24). The molecule has 138 valence electrons. The lowest BCUT2D eigenvalue weighted by Gasteiger charge is -2.31. The van der Waals surface area contributed by atoms with E-state index in [9.17, 15) is 4.79 Å². The molecular formula is C19H24N4O3. The van der Waals surface area contributed by atoms with E-state index in [1.54, 1.807) is 0 Å². The normalized spacial score (nSPS) is 17.8. The van der Waals surface area contributed by atoms with Gasteiger partial charge in [-0.05, 0) is 50.0 Å². The summed E-state index contributed by atoms with van der Waals surface area (Å²) >= 11 is 0. The Kier molecular flexibility index (Phi) is 5.06. The first kappa shape index (κ1) is 16.9. The minimum Gasteiger partial charge on any atom is -0.486 e. The van der Waals surface area contributed by atoms with E-state index in [4.69, 9.17) is 9.47 Å². The fourth-order valence-electron chi connectivity index (χ4n) is 3.52. The zero-order valence-corrected chi connectivity index (χ0v) is 14.8. The van der Waals surface area contributed by atoms with Crippen LogP contribution in [0.25, 0.3) is 0 Å². The predicted octanol–water partition coefficient (Wildman–Crippen LogP) is 2.00. The molecule has 2 aliphatic heterocycles. The Balaban J connectivity index is 1.24. The van der Waals surface area contributed by atoms with Crippen LogP contribution in [0.5, 0.6) is 11.5 Å². The van der Waals surface area contributed by atoms with Crippen molar-refractivity contribution in [2.24, 2.45) is 5.92 Å². The van der Waals surface area contributed by atoms with Crippen LogP contribution in [-0.2, 0) is 11.3 Å². The maximum Gasteiger partial charge on any atom is 0.238 e. The number of rotatable bonds is 5. The van der Waals surface area contributed by atoms with Crippen LogP contribution in [0.1, 0.15) is 12.8 Å². The number of fused-ring (bicyclic) bond motifs is 1. The molecule has 0 unspecified atom stereocenters. The highest BCUT2D eigenvalue weighted by Crippen LogP contribution is 2.32. The van der Waals surface area contributed by atoms with E-state index in [0.29, 0.717) is 31.4 Å². The third-order valence-corrected chi connectivity index (χ3v) is 4.90. The first-order valence-corrected chi connectivity index (χ1v) is 9.15. The fourth-order valence-corrected chi connectivity index (χ4v) is 3.52. The van der Waals surface area contributed by atoms with Gasteiger partial charge in [-0.1, -0.05) is 0 Å². The van der Waals surface area contributed by atoms with Crippen molar-refractivity contribution < 1.29 is 14.3 Å². The zero-order chi connectivity index (χ0) is 17.8. The van der Waals surface area contributed by atoms with Crippen molar-refractivity contribution in [2.45, 2.75) is 19.4 Å². The van der Waals surface area contributed by atoms with E-state index in [1.807, 2.05) is 41.3 Å². The van der Waals surface area contributed by atoms with Gasteiger partial charge in [0.15, 0.2) is 11.5 Å². The topological polar surface area (TPSA) is 68.6 Å². The lowest BCUT2D eigenvalue weighted by Crippen LogP contribution is -2.40. The minimum atomic E-state index is 0.00667. The highest BCUT2D eigenvalue weighted by Gasteiger charge is 2.21. The summed E-state index contributed by atoms with van der Waals surface area (Å²) in [6, 6.07) is 7.46. The number of aromatic nitrogens is 2. The summed E-state index contributed by atoms with van der Waals surface area (Å²) in [6.07, 6.45) is 6.01. The van der Waals surface area contributed by atoms with Crippen LogP contribution >= 0.6 is 0 Å². The highest BCUT2D eigenvalue weighted by atomic mass is 16.6. The van der Waals surface area contributed by atoms with Crippen LogP contribution in [0.15, 0.2) is 36.7 Å². The summed E-state index contributed by atoms with van der Waals surface area (Å²) in [5.74, 6) is 2.06. The molecule has 0 spiro atoms. The molecular weight excluding hydrogens is 332 g/mol. The molecule has 1 saturated heterocycles. The van der Waals surface area contributed by atoms with Gasteiger partial charge in [-0.3, -0.25) is 14.4 Å². The van der Waals surface area contributed by atoms with Crippen molar-refractivity contribution >= 4 is 11.6 Å². The van der Waals surface area contributed by atoms with Crippen LogP contribution in [0.4, 0.5) is 5.69 Å². The monoisotopic (exact) mass is 356 g/mol. The number of ether oxygens (including phenoxy) is 2. The van der Waals surface area contributed by atoms with Crippen LogP contribution in [0, 0.1) is 5.92 Å². The third-order valence-electron chi connectivity index (χ3n) is 4.90. The van der Waals surface area contributed by atoms with E-state index in [-0.39, 0.29) is 5.91 Å². The second-order valence-corrected chi connectivity index (χ2v) is 6.85. The minimum absolute atomic E-state index is 0.00667. The number of amides is 1. The first-order chi connectivity index (χ1) is 12.8. The zero-order valence-electron chi connectivity index (χ0n) is 14.8. The second-order valence-electron chi connectivity index (χ2n) is 6.85. The molecule has 1 aromatic carbocycles. The SMILES string of the molecule is O=C(CN1CCC(Cn2cccn2)CC1)Nc1ccc2c(c1)OCCO2. The Labute approximate surface area is 152 Å². The van der Waals surface area contributed by atoms with E-state index in [0.717, 1.165) is 43.9 Å². The first-order valence-electron chi connectivity index (χ1n) is 9.15. The average Bonchev–Trinajstić information content (AvgIpc) is 3.16. The van der Waals surface area contributed by atoms with Crippen molar-refractivity contribution in [1.82, 2.24) is 14.7 Å². The Morgan fingerprint density at radius 1 is 1.19 bits per heavy atom. The summed E-state index contributed by atoms with van der Waals surface area (Å²) in [5.41, 5.74) is 0.743. The molecule has 2 aromatic rings. The lowest BCUT2D eigenvalue weighted by atomic mass is 9.97. The smallest absolute Gasteiger partial charge is 0.238 e. The number of nitrogens with one attached hydrogen (secondary N) is 1. The van der Waals surface area contributed by atoms with Gasteiger partial charge < -0.3 is 14.8 Å². The molecule has 7 nitrogen and oxygen atoms in total. The van der Waals surface area contributed by atoms with Crippen molar-refractivity contribution in [3.63, 3.8) is 0 Å². The number of anilines is 1. The molecule has 0 atom stereocenters. The molecule has 1 N–H and O–H groups in total. The van der Waals surface area contributed by atoms with Gasteiger partial charge in [0.1, 0.15) is 13.2 Å². The number of piperidine rings is 1. The number of hydrogen-bond acceptors (Lipinski definition) is 5. The number of carbonyl (C=O) groups is 1. The summed E-state index contributed by atoms with van der Waals surface area (Å²) in [5, 5.41) is 7.23. The van der Waals surface area contributed by atoms with E-state index >= 15 is 0 Å². The van der Waals surface area contributed by atoms with Crippen LogP contribution in [0.3, 0.4) is 0 Å². The molecule has 0 aliphatic carbocycles. The predicted molar refractivity (Wildman–Crippen MR) is 97.5 cm³/mol. The van der Waals surface area contributed by atoms with Gasteiger partial charge in [-0.2, -0.15) is 5.10 Å². The van der Waals surface area contributed by atoms with Gasteiger partial charge in [0, 0.05) is 30.7 Å². The number of likely N-dealkylation sites (tertiary alicyclic amines) is 1. The van der Waals surface area contributed by atoms with Crippen LogP contribution in [0.2, 0.25) is 0 Å². The second kappa shape index (κ2) is 7.78. The van der Waals surface area contributed by atoms with Crippen molar-refractivity contribution in [3.05, 3.63) is 36.7 Å². The highest BCUT2D eigenvalue weighted by molar-refractivity contribution is 5.92. The van der Waals surface area contributed by atoms with Gasteiger partial charge in [0.2, 0.25) is 5.91 Å². The van der Waals surface area contributed by atoms with Gasteiger partial charge in [0.25, 0.3) is 0 Å². The Morgan fingerprint density at radius 2 is 2.00 bits per heavy atom. The Hall–Kier alpha value is -2.54. The van der Waals surface area contributed by atoms with Gasteiger partial charge in [0.05, 0.1) is 6.54 Å². The number of nitrogens with zero attached hydrogens (tertiary/aromatic N) is 3. The molecule has 7 heteroatoms. The van der Waals surface area contributed by atoms with E-state index in [1.165, 1.54) is 0 Å². The molecule has 1 amide bonds. The molecule has 3 heterocycles. The summed E-state index contributed by atoms with van der Waals surface area (Å²) in [6.45, 7) is 4.38. The summed E-state index contributed by atoms with van der Waals surface area (Å²) in [7, 11) is 0. The maximum absolute atomic E-state index is 12.3. The number of carbonyl (C=O) groups excluding carboxylic acids is 1. The van der Waals surface area contributed by atoms with Gasteiger partial charge in [-0.15, -0.1) is 0 Å². The van der Waals surface area contributed by atoms with Crippen LogP contribution in [-0.4, -0.2) is 53.4 Å². The van der Waals surface area contributed by atoms with Crippen molar-refractivity contribution in [1.29, 1.82) is 0 Å².